The van der Waals surface area contributed by atoms with Crippen LogP contribution in [-0.2, 0) is 18.3 Å². The molecular formula is C13H17N5O2. The lowest BCUT2D eigenvalue weighted by Crippen LogP contribution is -2.10. The van der Waals surface area contributed by atoms with E-state index < -0.39 is 0 Å². The van der Waals surface area contributed by atoms with E-state index in [-0.39, 0.29) is 5.97 Å². The minimum Gasteiger partial charge on any atom is -0.461 e. The average molecular weight is 275 g/mol. The van der Waals surface area contributed by atoms with Gasteiger partial charge in [0.25, 0.3) is 0 Å². The molecule has 0 atom stereocenters. The van der Waals surface area contributed by atoms with Gasteiger partial charge in [0.15, 0.2) is 5.69 Å². The molecule has 0 radical (unpaired) electrons. The molecule has 0 aliphatic heterocycles. The van der Waals surface area contributed by atoms with Crippen molar-refractivity contribution in [3.8, 4) is 0 Å². The lowest BCUT2D eigenvalue weighted by atomic mass is 10.2. The lowest BCUT2D eigenvalue weighted by Gasteiger charge is -2.05. The van der Waals surface area contributed by atoms with Gasteiger partial charge in [-0.15, -0.1) is 5.10 Å². The molecule has 20 heavy (non-hydrogen) atoms. The van der Waals surface area contributed by atoms with Crippen LogP contribution in [0.3, 0.4) is 0 Å². The standard InChI is InChI=1S/C13H17N5O2/c1-3-20-13(19)11-12(10-4-5-10)18(16-15-11)8-9-6-14-17(2)7-9/h6-7,10H,3-5,8H2,1-2H3. The van der Waals surface area contributed by atoms with Crippen molar-refractivity contribution in [3.63, 3.8) is 0 Å². The Morgan fingerprint density at radius 1 is 1.50 bits per heavy atom. The van der Waals surface area contributed by atoms with Crippen LogP contribution in [0.2, 0.25) is 0 Å². The van der Waals surface area contributed by atoms with Crippen LogP contribution in [-0.4, -0.2) is 37.4 Å². The van der Waals surface area contributed by atoms with E-state index in [1.165, 1.54) is 0 Å². The van der Waals surface area contributed by atoms with Gasteiger partial charge in [0.2, 0.25) is 0 Å². The van der Waals surface area contributed by atoms with Gasteiger partial charge >= 0.3 is 5.97 Å². The van der Waals surface area contributed by atoms with Crippen LogP contribution in [0.1, 0.15) is 47.4 Å². The minimum absolute atomic E-state index is 0.346. The van der Waals surface area contributed by atoms with Gasteiger partial charge in [-0.1, -0.05) is 5.21 Å². The van der Waals surface area contributed by atoms with Crippen LogP contribution in [0.15, 0.2) is 12.4 Å². The van der Waals surface area contributed by atoms with Gasteiger partial charge in [-0.2, -0.15) is 5.10 Å². The SMILES string of the molecule is CCOC(=O)c1nnn(Cc2cnn(C)c2)c1C1CC1. The van der Waals surface area contributed by atoms with Gasteiger partial charge in [-0.25, -0.2) is 9.48 Å². The van der Waals surface area contributed by atoms with Crippen molar-refractivity contribution in [3.05, 3.63) is 29.3 Å². The highest BCUT2D eigenvalue weighted by molar-refractivity contribution is 5.88. The summed E-state index contributed by atoms with van der Waals surface area (Å²) in [6.07, 6.45) is 5.88. The number of hydrogen-bond donors (Lipinski definition) is 0. The number of aromatic nitrogens is 5. The Labute approximate surface area is 116 Å². The third-order valence-electron chi connectivity index (χ3n) is 3.30. The van der Waals surface area contributed by atoms with Crippen LogP contribution in [0, 0.1) is 0 Å². The summed E-state index contributed by atoms with van der Waals surface area (Å²) in [6, 6.07) is 0. The molecular weight excluding hydrogens is 258 g/mol. The van der Waals surface area contributed by atoms with E-state index in [1.54, 1.807) is 22.5 Å². The third-order valence-corrected chi connectivity index (χ3v) is 3.30. The van der Waals surface area contributed by atoms with Crippen molar-refractivity contribution in [2.75, 3.05) is 6.61 Å². The van der Waals surface area contributed by atoms with E-state index in [1.807, 2.05) is 13.2 Å². The maximum Gasteiger partial charge on any atom is 0.360 e. The Balaban J connectivity index is 1.89. The number of ether oxygens (including phenoxy) is 1. The van der Waals surface area contributed by atoms with Crippen molar-refractivity contribution < 1.29 is 9.53 Å². The van der Waals surface area contributed by atoms with Crippen LogP contribution in [0.4, 0.5) is 0 Å². The van der Waals surface area contributed by atoms with Gasteiger partial charge in [0.1, 0.15) is 0 Å². The molecule has 0 amide bonds. The molecule has 0 unspecified atom stereocenters. The Morgan fingerprint density at radius 3 is 2.90 bits per heavy atom. The zero-order chi connectivity index (χ0) is 14.1. The molecule has 7 nitrogen and oxygen atoms in total. The summed E-state index contributed by atoms with van der Waals surface area (Å²) in [4.78, 5) is 11.9. The molecule has 7 heteroatoms. The van der Waals surface area contributed by atoms with E-state index in [2.05, 4.69) is 15.4 Å². The van der Waals surface area contributed by atoms with E-state index >= 15 is 0 Å². The first-order valence-electron chi connectivity index (χ1n) is 6.77. The van der Waals surface area contributed by atoms with Crippen molar-refractivity contribution in [1.29, 1.82) is 0 Å². The Kier molecular flexibility index (Phi) is 3.25. The Morgan fingerprint density at radius 2 is 2.30 bits per heavy atom. The van der Waals surface area contributed by atoms with Crippen molar-refractivity contribution >= 4 is 5.97 Å². The zero-order valence-corrected chi connectivity index (χ0v) is 11.6. The van der Waals surface area contributed by atoms with Crippen LogP contribution in [0.5, 0.6) is 0 Å². The fourth-order valence-electron chi connectivity index (χ4n) is 2.27. The Hall–Kier alpha value is -2.18. The van der Waals surface area contributed by atoms with Crippen molar-refractivity contribution in [2.45, 2.75) is 32.2 Å². The largest absolute Gasteiger partial charge is 0.461 e. The van der Waals surface area contributed by atoms with Crippen LogP contribution < -0.4 is 0 Å². The topological polar surface area (TPSA) is 74.8 Å². The summed E-state index contributed by atoms with van der Waals surface area (Å²) in [5.41, 5.74) is 2.29. The highest BCUT2D eigenvalue weighted by Gasteiger charge is 2.34. The second-order valence-electron chi connectivity index (χ2n) is 5.00. The first kappa shape index (κ1) is 12.8. The molecule has 1 fully saturated rings. The fourth-order valence-corrected chi connectivity index (χ4v) is 2.27. The number of nitrogens with zero attached hydrogens (tertiary/aromatic N) is 5. The van der Waals surface area contributed by atoms with E-state index in [0.29, 0.717) is 24.8 Å². The van der Waals surface area contributed by atoms with Gasteiger partial charge in [0.05, 0.1) is 25.0 Å². The molecule has 2 heterocycles. The molecule has 106 valence electrons. The monoisotopic (exact) mass is 275 g/mol. The predicted molar refractivity (Wildman–Crippen MR) is 70.3 cm³/mol. The highest BCUT2D eigenvalue weighted by Crippen LogP contribution is 2.41. The summed E-state index contributed by atoms with van der Waals surface area (Å²) in [7, 11) is 1.87. The molecule has 0 aromatic carbocycles. The second kappa shape index (κ2) is 5.07. The summed E-state index contributed by atoms with van der Waals surface area (Å²) in [5, 5.41) is 12.3. The van der Waals surface area contributed by atoms with Crippen LogP contribution >= 0.6 is 0 Å². The van der Waals surface area contributed by atoms with Gasteiger partial charge in [0, 0.05) is 24.7 Å². The molecule has 0 N–H and O–H groups in total. The molecule has 0 spiro atoms. The van der Waals surface area contributed by atoms with E-state index in [4.69, 9.17) is 4.74 Å². The van der Waals surface area contributed by atoms with Gasteiger partial charge in [-0.3, -0.25) is 4.68 Å². The molecule has 1 aliphatic carbocycles. The normalized spacial score (nSPS) is 14.5. The minimum atomic E-state index is -0.383. The molecule has 0 bridgehead atoms. The Bertz CT molecular complexity index is 626. The third kappa shape index (κ3) is 2.43. The smallest absolute Gasteiger partial charge is 0.360 e. The summed E-state index contributed by atoms with van der Waals surface area (Å²) in [5.74, 6) is -0.00656. The molecule has 2 aromatic heterocycles. The van der Waals surface area contributed by atoms with Crippen LogP contribution in [0.25, 0.3) is 0 Å². The van der Waals surface area contributed by atoms with E-state index in [0.717, 1.165) is 24.1 Å². The quantitative estimate of drug-likeness (QED) is 0.764. The number of carbonyl (C=O) groups is 1. The molecule has 1 aliphatic rings. The number of carbonyl (C=O) groups excluding carboxylic acids is 1. The van der Waals surface area contributed by atoms with Gasteiger partial charge < -0.3 is 4.74 Å². The lowest BCUT2D eigenvalue weighted by molar-refractivity contribution is 0.0518. The second-order valence-corrected chi connectivity index (χ2v) is 5.00. The number of esters is 1. The molecule has 3 rings (SSSR count). The average Bonchev–Trinajstić information content (AvgIpc) is 3.05. The highest BCUT2D eigenvalue weighted by atomic mass is 16.5. The first-order chi connectivity index (χ1) is 9.69. The molecule has 1 saturated carbocycles. The predicted octanol–water partition coefficient (Wildman–Crippen LogP) is 1.11. The number of hydrogen-bond acceptors (Lipinski definition) is 5. The maximum atomic E-state index is 11.9. The maximum absolute atomic E-state index is 11.9. The number of aryl methyl sites for hydroxylation is 1. The van der Waals surface area contributed by atoms with Gasteiger partial charge in [-0.05, 0) is 19.8 Å². The fraction of sp³-hybridized carbons (Fsp3) is 0.538. The molecule has 0 saturated heterocycles. The summed E-state index contributed by atoms with van der Waals surface area (Å²) in [6.45, 7) is 2.71. The van der Waals surface area contributed by atoms with Crippen molar-refractivity contribution in [2.24, 2.45) is 7.05 Å². The summed E-state index contributed by atoms with van der Waals surface area (Å²) >= 11 is 0. The zero-order valence-electron chi connectivity index (χ0n) is 11.6. The summed E-state index contributed by atoms with van der Waals surface area (Å²) < 4.78 is 8.58. The number of rotatable bonds is 5. The molecule has 2 aromatic rings. The first-order valence-corrected chi connectivity index (χ1v) is 6.77. The van der Waals surface area contributed by atoms with Crippen molar-refractivity contribution in [1.82, 2.24) is 24.8 Å². The van der Waals surface area contributed by atoms with E-state index in [9.17, 15) is 4.79 Å².